The van der Waals surface area contributed by atoms with Crippen LogP contribution < -0.4 is 0 Å². The van der Waals surface area contributed by atoms with Gasteiger partial charge in [-0.3, -0.25) is 9.69 Å². The lowest BCUT2D eigenvalue weighted by Crippen LogP contribution is -2.28. The predicted molar refractivity (Wildman–Crippen MR) is 88.3 cm³/mol. The van der Waals surface area contributed by atoms with Gasteiger partial charge in [-0.15, -0.1) is 11.3 Å². The number of thiocarbonyl (C=S) groups is 1. The first kappa shape index (κ1) is 14.8. The molecule has 0 atom stereocenters. The van der Waals surface area contributed by atoms with Crippen molar-refractivity contribution in [3.05, 3.63) is 27.3 Å². The van der Waals surface area contributed by atoms with Gasteiger partial charge in [-0.25, -0.2) is 0 Å². The van der Waals surface area contributed by atoms with Gasteiger partial charge in [0.15, 0.2) is 0 Å². The second kappa shape index (κ2) is 7.22. The minimum Gasteiger partial charge on any atom is -0.293 e. The normalized spacial score (nSPS) is 17.7. The number of hydrogen-bond donors (Lipinski definition) is 0. The lowest BCUT2D eigenvalue weighted by atomic mass is 10.2. The quantitative estimate of drug-likeness (QED) is 0.437. The third kappa shape index (κ3) is 3.91. The van der Waals surface area contributed by atoms with Crippen molar-refractivity contribution in [2.45, 2.75) is 32.6 Å². The Bertz CT molecular complexity index is 479. The van der Waals surface area contributed by atoms with E-state index >= 15 is 0 Å². The van der Waals surface area contributed by atoms with Gasteiger partial charge < -0.3 is 0 Å². The van der Waals surface area contributed by atoms with E-state index in [1.54, 1.807) is 16.2 Å². The molecule has 0 spiro atoms. The van der Waals surface area contributed by atoms with Gasteiger partial charge in [0.1, 0.15) is 4.32 Å². The maximum Gasteiger partial charge on any atom is 0.266 e. The Morgan fingerprint density at radius 2 is 2.21 bits per heavy atom. The topological polar surface area (TPSA) is 20.3 Å². The molecule has 1 aliphatic rings. The molecule has 1 aliphatic heterocycles. The number of carbonyl (C=O) groups excluding carboxylic acids is 1. The minimum absolute atomic E-state index is 0.0694. The van der Waals surface area contributed by atoms with E-state index in [1.807, 2.05) is 23.6 Å². The highest BCUT2D eigenvalue weighted by Crippen LogP contribution is 2.33. The van der Waals surface area contributed by atoms with Gasteiger partial charge in [-0.05, 0) is 23.9 Å². The van der Waals surface area contributed by atoms with E-state index in [1.165, 1.54) is 24.6 Å². The van der Waals surface area contributed by atoms with Crippen molar-refractivity contribution in [2.75, 3.05) is 6.54 Å². The van der Waals surface area contributed by atoms with Crippen LogP contribution in [-0.4, -0.2) is 21.7 Å². The first-order valence-corrected chi connectivity index (χ1v) is 8.61. The first-order valence-electron chi connectivity index (χ1n) is 6.51. The van der Waals surface area contributed by atoms with Crippen molar-refractivity contribution >= 4 is 51.6 Å². The Labute approximate surface area is 127 Å². The maximum absolute atomic E-state index is 12.3. The standard InChI is InChI=1S/C14H17NOS3/c1-2-3-4-5-8-15-13(16)12(19-14(15)17)10-11-7-6-9-18-11/h6-7,9-10H,2-5,8H2,1H3/b12-10-. The summed E-state index contributed by atoms with van der Waals surface area (Å²) in [7, 11) is 0. The number of carbonyl (C=O) groups is 1. The molecule has 0 unspecified atom stereocenters. The Morgan fingerprint density at radius 1 is 1.37 bits per heavy atom. The van der Waals surface area contributed by atoms with E-state index in [-0.39, 0.29) is 5.91 Å². The van der Waals surface area contributed by atoms with Crippen LogP contribution in [0.3, 0.4) is 0 Å². The van der Waals surface area contributed by atoms with Crippen LogP contribution in [0.15, 0.2) is 22.4 Å². The van der Waals surface area contributed by atoms with Gasteiger partial charge in [-0.1, -0.05) is 56.2 Å². The van der Waals surface area contributed by atoms with Crippen molar-refractivity contribution in [1.29, 1.82) is 0 Å². The lowest BCUT2D eigenvalue weighted by molar-refractivity contribution is -0.122. The van der Waals surface area contributed by atoms with Crippen LogP contribution in [0, 0.1) is 0 Å². The van der Waals surface area contributed by atoms with E-state index in [0.29, 0.717) is 4.32 Å². The van der Waals surface area contributed by atoms with Crippen molar-refractivity contribution in [3.63, 3.8) is 0 Å². The van der Waals surface area contributed by atoms with Gasteiger partial charge in [-0.2, -0.15) is 0 Å². The molecule has 1 fully saturated rings. The first-order chi connectivity index (χ1) is 9.22. The number of nitrogens with zero attached hydrogens (tertiary/aromatic N) is 1. The molecule has 0 saturated carbocycles. The maximum atomic E-state index is 12.3. The number of rotatable bonds is 6. The largest absolute Gasteiger partial charge is 0.293 e. The summed E-state index contributed by atoms with van der Waals surface area (Å²) in [5.74, 6) is 0.0694. The van der Waals surface area contributed by atoms with Crippen LogP contribution in [0.4, 0.5) is 0 Å². The zero-order valence-corrected chi connectivity index (χ0v) is 13.4. The highest BCUT2D eigenvalue weighted by atomic mass is 32.2. The highest BCUT2D eigenvalue weighted by molar-refractivity contribution is 8.26. The zero-order chi connectivity index (χ0) is 13.7. The van der Waals surface area contributed by atoms with Crippen LogP contribution in [0.2, 0.25) is 0 Å². The molecule has 0 N–H and O–H groups in total. The van der Waals surface area contributed by atoms with Gasteiger partial charge in [0.05, 0.1) is 4.91 Å². The minimum atomic E-state index is 0.0694. The third-order valence-corrected chi connectivity index (χ3v) is 5.12. The van der Waals surface area contributed by atoms with Crippen LogP contribution in [0.5, 0.6) is 0 Å². The molecule has 0 radical (unpaired) electrons. The molecule has 2 heterocycles. The van der Waals surface area contributed by atoms with Gasteiger partial charge in [0.2, 0.25) is 0 Å². The monoisotopic (exact) mass is 311 g/mol. The summed E-state index contributed by atoms with van der Waals surface area (Å²) in [5.41, 5.74) is 0. The fourth-order valence-electron chi connectivity index (χ4n) is 1.89. The summed E-state index contributed by atoms with van der Waals surface area (Å²) < 4.78 is 0.698. The number of amides is 1. The van der Waals surface area contributed by atoms with E-state index in [4.69, 9.17) is 12.2 Å². The second-order valence-electron chi connectivity index (χ2n) is 4.41. The number of unbranched alkanes of at least 4 members (excludes halogenated alkanes) is 3. The molecule has 0 bridgehead atoms. The second-order valence-corrected chi connectivity index (χ2v) is 7.06. The molecule has 102 valence electrons. The van der Waals surface area contributed by atoms with Crippen molar-refractivity contribution in [3.8, 4) is 0 Å². The average molecular weight is 311 g/mol. The molecular weight excluding hydrogens is 294 g/mol. The summed E-state index contributed by atoms with van der Waals surface area (Å²) in [5, 5.41) is 2.01. The van der Waals surface area contributed by atoms with Crippen LogP contribution in [0.1, 0.15) is 37.5 Å². The Balaban J connectivity index is 1.96. The molecule has 19 heavy (non-hydrogen) atoms. The van der Waals surface area contributed by atoms with Crippen LogP contribution >= 0.6 is 35.3 Å². The number of thioether (sulfide) groups is 1. The van der Waals surface area contributed by atoms with Gasteiger partial charge in [0.25, 0.3) is 5.91 Å². The smallest absolute Gasteiger partial charge is 0.266 e. The SMILES string of the molecule is CCCCCCN1C(=O)/C(=C/c2cccs2)SC1=S. The number of hydrogen-bond acceptors (Lipinski definition) is 4. The predicted octanol–water partition coefficient (Wildman–Crippen LogP) is 4.53. The molecule has 1 aromatic rings. The molecule has 0 aromatic carbocycles. The molecule has 0 aliphatic carbocycles. The Kier molecular flexibility index (Phi) is 5.60. The van der Waals surface area contributed by atoms with Gasteiger partial charge >= 0.3 is 0 Å². The average Bonchev–Trinajstić information content (AvgIpc) is 2.98. The van der Waals surface area contributed by atoms with Crippen molar-refractivity contribution in [1.82, 2.24) is 4.90 Å². The Morgan fingerprint density at radius 3 is 2.89 bits per heavy atom. The summed E-state index contributed by atoms with van der Waals surface area (Å²) in [6, 6.07) is 4.00. The van der Waals surface area contributed by atoms with E-state index in [9.17, 15) is 4.79 Å². The molecule has 2 rings (SSSR count). The van der Waals surface area contributed by atoms with Crippen molar-refractivity contribution < 1.29 is 4.79 Å². The molecule has 1 amide bonds. The van der Waals surface area contributed by atoms with E-state index < -0.39 is 0 Å². The van der Waals surface area contributed by atoms with E-state index in [2.05, 4.69) is 6.92 Å². The molecular formula is C14H17NOS3. The molecule has 2 nitrogen and oxygen atoms in total. The van der Waals surface area contributed by atoms with Crippen LogP contribution in [0.25, 0.3) is 6.08 Å². The summed E-state index contributed by atoms with van der Waals surface area (Å²) in [6.45, 7) is 2.94. The summed E-state index contributed by atoms with van der Waals surface area (Å²) in [4.78, 5) is 15.9. The fraction of sp³-hybridized carbons (Fsp3) is 0.429. The summed E-state index contributed by atoms with van der Waals surface area (Å²) in [6.07, 6.45) is 6.57. The third-order valence-electron chi connectivity index (χ3n) is 2.93. The lowest BCUT2D eigenvalue weighted by Gasteiger charge is -2.13. The van der Waals surface area contributed by atoms with Gasteiger partial charge in [0, 0.05) is 11.4 Å². The fourth-order valence-corrected chi connectivity index (χ4v) is 3.92. The summed E-state index contributed by atoms with van der Waals surface area (Å²) >= 11 is 8.35. The molecule has 1 saturated heterocycles. The number of thiophene rings is 1. The highest BCUT2D eigenvalue weighted by Gasteiger charge is 2.31. The van der Waals surface area contributed by atoms with Crippen molar-refractivity contribution in [2.24, 2.45) is 0 Å². The zero-order valence-electron chi connectivity index (χ0n) is 10.9. The molecule has 5 heteroatoms. The Hall–Kier alpha value is -0.650. The van der Waals surface area contributed by atoms with E-state index in [0.717, 1.165) is 29.2 Å². The molecule has 1 aromatic heterocycles. The van der Waals surface area contributed by atoms with Crippen LogP contribution in [-0.2, 0) is 4.79 Å².